The molecule has 0 N–H and O–H groups in total. The van der Waals surface area contributed by atoms with Gasteiger partial charge >= 0.3 is 0 Å². The summed E-state index contributed by atoms with van der Waals surface area (Å²) in [5, 5.41) is 1.45. The van der Waals surface area contributed by atoms with Crippen LogP contribution in [-0.2, 0) is 0 Å². The zero-order valence-electron chi connectivity index (χ0n) is 11.8. The molecule has 2 aromatic rings. The molecule has 5 heteroatoms. The van der Waals surface area contributed by atoms with Crippen LogP contribution in [0.15, 0.2) is 18.3 Å². The number of aromatic nitrogens is 2. The van der Waals surface area contributed by atoms with Gasteiger partial charge < -0.3 is 9.47 Å². The summed E-state index contributed by atoms with van der Waals surface area (Å²) in [6.45, 7) is 0. The number of fused-ring (bicyclic) bond motifs is 1. The van der Waals surface area contributed by atoms with Gasteiger partial charge in [0.05, 0.1) is 5.52 Å². The van der Waals surface area contributed by atoms with Crippen molar-refractivity contribution in [3.63, 3.8) is 0 Å². The Kier molecular flexibility index (Phi) is 3.42. The molecule has 106 valence electrons. The van der Waals surface area contributed by atoms with E-state index in [0.717, 1.165) is 29.4 Å². The fraction of sp³-hybridized carbons (Fsp3) is 0.467. The Labute approximate surface area is 123 Å². The smallest absolute Gasteiger partial charge is 0.270 e. The van der Waals surface area contributed by atoms with E-state index in [1.165, 1.54) is 12.8 Å². The minimum atomic E-state index is 0.0317. The van der Waals surface area contributed by atoms with Gasteiger partial charge in [0.25, 0.3) is 5.91 Å². The molecule has 0 bridgehead atoms. The van der Waals surface area contributed by atoms with Crippen LogP contribution < -0.4 is 0 Å². The monoisotopic (exact) mass is 291 g/mol. The lowest BCUT2D eigenvalue weighted by Crippen LogP contribution is -2.25. The van der Waals surface area contributed by atoms with Crippen molar-refractivity contribution in [3.05, 3.63) is 29.2 Å². The number of amides is 1. The van der Waals surface area contributed by atoms with Crippen molar-refractivity contribution in [1.82, 2.24) is 14.5 Å². The predicted molar refractivity (Wildman–Crippen MR) is 80.3 cm³/mol. The first-order chi connectivity index (χ1) is 9.58. The molecule has 0 spiro atoms. The number of nitrogens with zero attached hydrogens (tertiary/aromatic N) is 3. The first-order valence-corrected chi connectivity index (χ1v) is 7.34. The second-order valence-corrected chi connectivity index (χ2v) is 5.99. The molecule has 0 atom stereocenters. The Hall–Kier alpha value is -1.55. The molecule has 0 unspecified atom stereocenters. The van der Waals surface area contributed by atoms with Crippen LogP contribution in [-0.4, -0.2) is 34.5 Å². The van der Waals surface area contributed by atoms with Gasteiger partial charge in [-0.15, -0.1) is 0 Å². The third-order valence-corrected chi connectivity index (χ3v) is 4.21. The lowest BCUT2D eigenvalue weighted by molar-refractivity contribution is 0.0815. The van der Waals surface area contributed by atoms with E-state index in [4.69, 9.17) is 11.6 Å². The van der Waals surface area contributed by atoms with Crippen LogP contribution >= 0.6 is 11.6 Å². The normalized spacial score (nSPS) is 15.9. The van der Waals surface area contributed by atoms with Crippen molar-refractivity contribution >= 4 is 28.4 Å². The number of hydrogen-bond donors (Lipinski definition) is 0. The van der Waals surface area contributed by atoms with Crippen molar-refractivity contribution in [1.29, 1.82) is 0 Å². The van der Waals surface area contributed by atoms with Crippen LogP contribution in [0.25, 0.3) is 10.9 Å². The molecule has 0 aromatic carbocycles. The van der Waals surface area contributed by atoms with Gasteiger partial charge in [0.2, 0.25) is 0 Å². The van der Waals surface area contributed by atoms with Crippen molar-refractivity contribution in [2.75, 3.05) is 14.1 Å². The summed E-state index contributed by atoms with van der Waals surface area (Å²) in [4.78, 5) is 18.2. The van der Waals surface area contributed by atoms with E-state index < -0.39 is 0 Å². The number of carbonyl (C=O) groups excluding carboxylic acids is 1. The number of pyridine rings is 1. The van der Waals surface area contributed by atoms with E-state index in [-0.39, 0.29) is 5.91 Å². The van der Waals surface area contributed by atoms with Crippen LogP contribution in [0.2, 0.25) is 5.15 Å². The molecule has 1 saturated carbocycles. The van der Waals surface area contributed by atoms with Crippen LogP contribution in [0.1, 0.15) is 42.2 Å². The zero-order chi connectivity index (χ0) is 14.3. The molecule has 0 aliphatic heterocycles. The quantitative estimate of drug-likeness (QED) is 0.794. The van der Waals surface area contributed by atoms with Crippen LogP contribution in [0, 0.1) is 0 Å². The molecule has 2 aromatic heterocycles. The largest absolute Gasteiger partial charge is 0.343 e. The van der Waals surface area contributed by atoms with Gasteiger partial charge in [-0.05, 0) is 25.0 Å². The Balaban J connectivity index is 2.22. The van der Waals surface area contributed by atoms with Gasteiger partial charge in [-0.1, -0.05) is 24.4 Å². The maximum Gasteiger partial charge on any atom is 0.270 e. The molecule has 0 radical (unpaired) electrons. The highest BCUT2D eigenvalue weighted by Crippen LogP contribution is 2.35. The predicted octanol–water partition coefficient (Wildman–Crippen LogP) is 3.51. The Morgan fingerprint density at radius 1 is 1.35 bits per heavy atom. The minimum Gasteiger partial charge on any atom is -0.343 e. The highest BCUT2D eigenvalue weighted by molar-refractivity contribution is 6.30. The molecule has 1 aliphatic rings. The Morgan fingerprint density at radius 2 is 2.05 bits per heavy atom. The Bertz CT molecular complexity index is 656. The van der Waals surface area contributed by atoms with Gasteiger partial charge in [-0.2, -0.15) is 0 Å². The molecule has 20 heavy (non-hydrogen) atoms. The first-order valence-electron chi connectivity index (χ1n) is 6.96. The van der Waals surface area contributed by atoms with E-state index >= 15 is 0 Å². The second kappa shape index (κ2) is 5.09. The number of hydrogen-bond acceptors (Lipinski definition) is 2. The maximum absolute atomic E-state index is 12.4. The topological polar surface area (TPSA) is 38.1 Å². The molecule has 1 amide bonds. The second-order valence-electron chi connectivity index (χ2n) is 5.60. The fourth-order valence-electron chi connectivity index (χ4n) is 3.05. The van der Waals surface area contributed by atoms with Crippen molar-refractivity contribution in [2.24, 2.45) is 0 Å². The average molecular weight is 292 g/mol. The third kappa shape index (κ3) is 2.18. The van der Waals surface area contributed by atoms with Crippen molar-refractivity contribution in [2.45, 2.75) is 31.7 Å². The summed E-state index contributed by atoms with van der Waals surface area (Å²) >= 11 is 6.03. The van der Waals surface area contributed by atoms with Crippen LogP contribution in [0.5, 0.6) is 0 Å². The van der Waals surface area contributed by atoms with E-state index in [1.54, 1.807) is 25.2 Å². The van der Waals surface area contributed by atoms with Crippen molar-refractivity contribution < 1.29 is 4.79 Å². The van der Waals surface area contributed by atoms with Gasteiger partial charge in [0, 0.05) is 31.7 Å². The highest BCUT2D eigenvalue weighted by Gasteiger charge is 2.25. The lowest BCUT2D eigenvalue weighted by atomic mass is 10.2. The number of halogens is 1. The van der Waals surface area contributed by atoms with Crippen LogP contribution in [0.3, 0.4) is 0 Å². The van der Waals surface area contributed by atoms with E-state index in [1.807, 2.05) is 12.1 Å². The van der Waals surface area contributed by atoms with E-state index in [2.05, 4.69) is 9.55 Å². The Morgan fingerprint density at radius 3 is 2.70 bits per heavy atom. The summed E-state index contributed by atoms with van der Waals surface area (Å²) in [6.07, 6.45) is 6.43. The maximum atomic E-state index is 12.4. The van der Waals surface area contributed by atoms with Gasteiger partial charge in [0.15, 0.2) is 0 Å². The summed E-state index contributed by atoms with van der Waals surface area (Å²) in [5.74, 6) is 0.0317. The third-order valence-electron chi connectivity index (χ3n) is 4.00. The van der Waals surface area contributed by atoms with E-state index in [0.29, 0.717) is 11.2 Å². The van der Waals surface area contributed by atoms with Crippen LogP contribution in [0.4, 0.5) is 0 Å². The molecule has 2 heterocycles. The zero-order valence-corrected chi connectivity index (χ0v) is 12.5. The van der Waals surface area contributed by atoms with Gasteiger partial charge in [0.1, 0.15) is 10.8 Å². The van der Waals surface area contributed by atoms with E-state index in [9.17, 15) is 4.79 Å². The van der Waals surface area contributed by atoms with Crippen molar-refractivity contribution in [3.8, 4) is 0 Å². The molecule has 1 aliphatic carbocycles. The molecular weight excluding hydrogens is 274 g/mol. The summed E-state index contributed by atoms with van der Waals surface area (Å²) in [6, 6.07) is 4.19. The molecule has 0 saturated heterocycles. The lowest BCUT2D eigenvalue weighted by Gasteiger charge is -2.19. The molecular formula is C15H18ClN3O. The molecule has 1 fully saturated rings. The van der Waals surface area contributed by atoms with Gasteiger partial charge in [-0.25, -0.2) is 4.98 Å². The average Bonchev–Trinajstić information content (AvgIpc) is 3.03. The molecule has 3 rings (SSSR count). The summed E-state index contributed by atoms with van der Waals surface area (Å²) < 4.78 is 2.16. The SMILES string of the molecule is CN(C)C(=O)c1cc2cnc(Cl)cc2n1C1CCCC1. The molecule has 4 nitrogen and oxygen atoms in total. The van der Waals surface area contributed by atoms with Gasteiger partial charge in [-0.3, -0.25) is 4.79 Å². The summed E-state index contributed by atoms with van der Waals surface area (Å²) in [5.41, 5.74) is 1.75. The minimum absolute atomic E-state index is 0.0317. The highest BCUT2D eigenvalue weighted by atomic mass is 35.5. The summed E-state index contributed by atoms with van der Waals surface area (Å²) in [7, 11) is 3.56. The number of carbonyl (C=O) groups is 1. The first kappa shape index (κ1) is 13.4. The fourth-order valence-corrected chi connectivity index (χ4v) is 3.20. The number of rotatable bonds is 2. The standard InChI is InChI=1S/C15H18ClN3O/c1-18(2)15(20)13-7-10-9-17-14(16)8-12(10)19(13)11-5-3-4-6-11/h7-9,11H,3-6H2,1-2H3.